The van der Waals surface area contributed by atoms with Gasteiger partial charge in [-0.25, -0.2) is 4.79 Å². The molecule has 0 radical (unpaired) electrons. The molecule has 5 nitrogen and oxygen atoms in total. The number of carboxylic acid groups (broad SMARTS) is 1. The Morgan fingerprint density at radius 2 is 2.39 bits per heavy atom. The van der Waals surface area contributed by atoms with Crippen molar-refractivity contribution >= 4 is 18.0 Å². The molecule has 1 unspecified atom stereocenters. The molecule has 1 atom stereocenters. The summed E-state index contributed by atoms with van der Waals surface area (Å²) in [5.41, 5.74) is 0.747. The van der Waals surface area contributed by atoms with Crippen LogP contribution in [-0.2, 0) is 9.59 Å². The molecule has 0 saturated heterocycles. The fourth-order valence-electron chi connectivity index (χ4n) is 1.18. The van der Waals surface area contributed by atoms with Crippen LogP contribution in [-0.4, -0.2) is 28.0 Å². The van der Waals surface area contributed by atoms with Gasteiger partial charge < -0.3 is 10.4 Å². The van der Waals surface area contributed by atoms with Crippen LogP contribution in [0.4, 0.5) is 0 Å². The average Bonchev–Trinajstić information content (AvgIpc) is 2.37. The van der Waals surface area contributed by atoms with Gasteiger partial charge >= 0.3 is 5.97 Å². The Balaban J connectivity index is 2.58. The zero-order valence-corrected chi connectivity index (χ0v) is 9.54. The number of amides is 1. The van der Waals surface area contributed by atoms with E-state index in [1.807, 2.05) is 0 Å². The molecular formula is C13H12N2O3. The number of nitrogens with one attached hydrogen (secondary N) is 1. The van der Waals surface area contributed by atoms with E-state index in [0.717, 1.165) is 5.56 Å². The molecule has 0 aromatic carbocycles. The average molecular weight is 244 g/mol. The summed E-state index contributed by atoms with van der Waals surface area (Å²) in [6.45, 7) is 0. The number of carbonyl (C=O) groups is 2. The van der Waals surface area contributed by atoms with Crippen molar-refractivity contribution in [3.8, 4) is 12.3 Å². The Bertz CT molecular complexity index is 489. The molecule has 0 saturated carbocycles. The lowest BCUT2D eigenvalue weighted by atomic mass is 10.2. The highest BCUT2D eigenvalue weighted by Crippen LogP contribution is 1.98. The quantitative estimate of drug-likeness (QED) is 0.590. The number of terminal acetylenes is 1. The van der Waals surface area contributed by atoms with E-state index in [0.29, 0.717) is 0 Å². The molecule has 5 heteroatoms. The number of pyridine rings is 1. The second kappa shape index (κ2) is 6.86. The topological polar surface area (TPSA) is 79.3 Å². The van der Waals surface area contributed by atoms with Crippen molar-refractivity contribution in [1.29, 1.82) is 0 Å². The molecule has 1 aromatic rings. The lowest BCUT2D eigenvalue weighted by molar-refractivity contribution is -0.141. The van der Waals surface area contributed by atoms with Gasteiger partial charge in [0.05, 0.1) is 0 Å². The van der Waals surface area contributed by atoms with E-state index in [9.17, 15) is 9.59 Å². The van der Waals surface area contributed by atoms with Gasteiger partial charge in [-0.2, -0.15) is 0 Å². The van der Waals surface area contributed by atoms with Gasteiger partial charge in [0.25, 0.3) is 0 Å². The first-order valence-electron chi connectivity index (χ1n) is 5.18. The van der Waals surface area contributed by atoms with E-state index < -0.39 is 17.9 Å². The fraction of sp³-hybridized carbons (Fsp3) is 0.154. The molecule has 92 valence electrons. The summed E-state index contributed by atoms with van der Waals surface area (Å²) < 4.78 is 0. The van der Waals surface area contributed by atoms with Gasteiger partial charge in [0, 0.05) is 24.9 Å². The summed E-state index contributed by atoms with van der Waals surface area (Å²) in [5, 5.41) is 11.1. The van der Waals surface area contributed by atoms with Crippen LogP contribution in [0.15, 0.2) is 30.6 Å². The number of rotatable bonds is 5. The number of carbonyl (C=O) groups excluding carboxylic acids is 1. The molecule has 2 N–H and O–H groups in total. The monoisotopic (exact) mass is 244 g/mol. The normalized spacial score (nSPS) is 11.7. The largest absolute Gasteiger partial charge is 0.480 e. The maximum Gasteiger partial charge on any atom is 0.327 e. The van der Waals surface area contributed by atoms with E-state index in [4.69, 9.17) is 11.5 Å². The van der Waals surface area contributed by atoms with Crippen molar-refractivity contribution in [3.63, 3.8) is 0 Å². The predicted octanol–water partition coefficient (Wildman–Crippen LogP) is 0.688. The number of aromatic nitrogens is 1. The van der Waals surface area contributed by atoms with Crippen LogP contribution in [0.3, 0.4) is 0 Å². The van der Waals surface area contributed by atoms with Crippen LogP contribution in [0, 0.1) is 12.3 Å². The van der Waals surface area contributed by atoms with Crippen molar-refractivity contribution in [2.45, 2.75) is 12.5 Å². The number of nitrogens with zero attached hydrogens (tertiary/aromatic N) is 1. The number of carboxylic acids is 1. The van der Waals surface area contributed by atoms with Gasteiger partial charge in [-0.15, -0.1) is 12.3 Å². The van der Waals surface area contributed by atoms with E-state index in [1.54, 1.807) is 24.5 Å². The smallest absolute Gasteiger partial charge is 0.327 e. The highest BCUT2D eigenvalue weighted by molar-refractivity contribution is 5.94. The van der Waals surface area contributed by atoms with Crippen molar-refractivity contribution in [2.24, 2.45) is 0 Å². The molecule has 0 bridgehead atoms. The molecule has 0 fully saturated rings. The minimum absolute atomic E-state index is 0.0538. The van der Waals surface area contributed by atoms with E-state index in [-0.39, 0.29) is 6.42 Å². The first-order chi connectivity index (χ1) is 8.63. The van der Waals surface area contributed by atoms with Crippen LogP contribution >= 0.6 is 0 Å². The number of hydrogen-bond donors (Lipinski definition) is 2. The Kier molecular flexibility index (Phi) is 5.13. The van der Waals surface area contributed by atoms with Crippen molar-refractivity contribution in [1.82, 2.24) is 10.3 Å². The molecule has 0 aliphatic carbocycles. The highest BCUT2D eigenvalue weighted by atomic mass is 16.4. The molecule has 1 rings (SSSR count). The number of hydrogen-bond acceptors (Lipinski definition) is 3. The van der Waals surface area contributed by atoms with Gasteiger partial charge in [0.1, 0.15) is 6.04 Å². The van der Waals surface area contributed by atoms with E-state index in [2.05, 4.69) is 16.2 Å². The lowest BCUT2D eigenvalue weighted by Gasteiger charge is -2.09. The summed E-state index contributed by atoms with van der Waals surface area (Å²) >= 11 is 0. The standard InChI is InChI=1S/C13H12N2O3/c1-2-4-11(13(17)18)15-12(16)7-6-10-5-3-8-14-9-10/h1,3,5-9,11H,4H2,(H,15,16)(H,17,18)/b7-6+. The molecule has 1 heterocycles. The Morgan fingerprint density at radius 3 is 2.94 bits per heavy atom. The Labute approximate surface area is 105 Å². The zero-order valence-electron chi connectivity index (χ0n) is 9.54. The Hall–Kier alpha value is -2.61. The summed E-state index contributed by atoms with van der Waals surface area (Å²) in [6.07, 6.45) is 10.9. The molecular weight excluding hydrogens is 232 g/mol. The highest BCUT2D eigenvalue weighted by Gasteiger charge is 2.17. The second-order valence-corrected chi connectivity index (χ2v) is 3.43. The third-order valence-electron chi connectivity index (χ3n) is 2.05. The third-order valence-corrected chi connectivity index (χ3v) is 2.05. The van der Waals surface area contributed by atoms with Gasteiger partial charge in [-0.3, -0.25) is 9.78 Å². The molecule has 1 aromatic heterocycles. The minimum Gasteiger partial charge on any atom is -0.480 e. The van der Waals surface area contributed by atoms with E-state index >= 15 is 0 Å². The maximum absolute atomic E-state index is 11.5. The van der Waals surface area contributed by atoms with Crippen LogP contribution in [0.1, 0.15) is 12.0 Å². The third kappa shape index (κ3) is 4.49. The van der Waals surface area contributed by atoms with Gasteiger partial charge in [0.2, 0.25) is 5.91 Å². The van der Waals surface area contributed by atoms with Gasteiger partial charge in [0.15, 0.2) is 0 Å². The predicted molar refractivity (Wildman–Crippen MR) is 66.3 cm³/mol. The van der Waals surface area contributed by atoms with Crippen molar-refractivity contribution in [2.75, 3.05) is 0 Å². The van der Waals surface area contributed by atoms with Gasteiger partial charge in [-0.05, 0) is 17.7 Å². The van der Waals surface area contributed by atoms with Crippen LogP contribution in [0.5, 0.6) is 0 Å². The van der Waals surface area contributed by atoms with Crippen LogP contribution in [0.25, 0.3) is 6.08 Å². The molecule has 1 amide bonds. The number of aliphatic carboxylic acids is 1. The summed E-state index contributed by atoms with van der Waals surface area (Å²) in [4.78, 5) is 26.1. The Morgan fingerprint density at radius 1 is 1.61 bits per heavy atom. The summed E-state index contributed by atoms with van der Waals surface area (Å²) in [7, 11) is 0. The molecule has 0 aliphatic rings. The minimum atomic E-state index is -1.16. The SMILES string of the molecule is C#CCC(NC(=O)/C=C/c1cccnc1)C(=O)O. The van der Waals surface area contributed by atoms with Crippen LogP contribution < -0.4 is 5.32 Å². The summed E-state index contributed by atoms with van der Waals surface area (Å²) in [6, 6.07) is 2.43. The maximum atomic E-state index is 11.5. The van der Waals surface area contributed by atoms with Gasteiger partial charge in [-0.1, -0.05) is 6.07 Å². The lowest BCUT2D eigenvalue weighted by Crippen LogP contribution is -2.39. The van der Waals surface area contributed by atoms with Crippen molar-refractivity contribution in [3.05, 3.63) is 36.2 Å². The van der Waals surface area contributed by atoms with Crippen LogP contribution in [0.2, 0.25) is 0 Å². The first kappa shape index (κ1) is 13.5. The fourth-order valence-corrected chi connectivity index (χ4v) is 1.18. The molecule has 0 aliphatic heterocycles. The zero-order chi connectivity index (χ0) is 13.4. The molecule has 18 heavy (non-hydrogen) atoms. The van der Waals surface area contributed by atoms with Crippen molar-refractivity contribution < 1.29 is 14.7 Å². The summed E-state index contributed by atoms with van der Waals surface area (Å²) in [5.74, 6) is 0.530. The van der Waals surface area contributed by atoms with E-state index in [1.165, 1.54) is 12.2 Å². The second-order valence-electron chi connectivity index (χ2n) is 3.43. The molecule has 0 spiro atoms. The first-order valence-corrected chi connectivity index (χ1v) is 5.18.